The lowest BCUT2D eigenvalue weighted by Gasteiger charge is -2.38. The van der Waals surface area contributed by atoms with Crippen molar-refractivity contribution in [2.75, 3.05) is 26.4 Å². The summed E-state index contributed by atoms with van der Waals surface area (Å²) in [5, 5.41) is 3.82. The number of carbonyl (C=O) groups is 1. The number of rotatable bonds is 7. The molecule has 150 valence electrons. The van der Waals surface area contributed by atoms with E-state index in [9.17, 15) is 4.79 Å². The monoisotopic (exact) mass is 401 g/mol. The fourth-order valence-corrected chi connectivity index (χ4v) is 3.91. The Hall–Kier alpha value is -2.04. The lowest BCUT2D eigenvalue weighted by molar-refractivity contribution is -0.122. The molecule has 2 aromatic carbocycles. The normalized spacial score (nSPS) is 15.8. The average Bonchev–Trinajstić information content (AvgIpc) is 2.69. The van der Waals surface area contributed by atoms with Crippen LogP contribution in [0.4, 0.5) is 0 Å². The number of benzene rings is 2. The van der Waals surface area contributed by atoms with E-state index in [1.165, 1.54) is 5.56 Å². The molecule has 0 spiro atoms. The second kappa shape index (κ2) is 9.44. The van der Waals surface area contributed by atoms with E-state index in [-0.39, 0.29) is 11.3 Å². The molecule has 0 aliphatic carbocycles. The molecule has 1 aliphatic heterocycles. The molecule has 1 heterocycles. The predicted molar refractivity (Wildman–Crippen MR) is 112 cm³/mol. The quantitative estimate of drug-likeness (QED) is 0.738. The van der Waals surface area contributed by atoms with Crippen LogP contribution in [-0.2, 0) is 14.9 Å². The van der Waals surface area contributed by atoms with Crippen molar-refractivity contribution in [3.63, 3.8) is 0 Å². The standard InChI is InChI=1S/C23H28ClNO3/c1-17-6-7-21(18(2)14-17)28-11-8-22(26)25-16-23(9-12-27-13-10-23)19-4-3-5-20(24)15-19/h3-7,14-15H,8-13,16H2,1-2H3,(H,25,26). The molecule has 1 amide bonds. The summed E-state index contributed by atoms with van der Waals surface area (Å²) in [6.45, 7) is 6.40. The molecule has 3 rings (SSSR count). The van der Waals surface area contributed by atoms with Gasteiger partial charge in [0.25, 0.3) is 0 Å². The molecular weight excluding hydrogens is 374 g/mol. The zero-order valence-electron chi connectivity index (χ0n) is 16.6. The number of hydrogen-bond donors (Lipinski definition) is 1. The number of nitrogens with one attached hydrogen (secondary N) is 1. The van der Waals surface area contributed by atoms with Crippen LogP contribution in [0, 0.1) is 13.8 Å². The second-order valence-electron chi connectivity index (χ2n) is 7.55. The second-order valence-corrected chi connectivity index (χ2v) is 7.98. The molecule has 5 heteroatoms. The Labute approximate surface area is 172 Å². The number of aryl methyl sites for hydroxylation is 2. The van der Waals surface area contributed by atoms with E-state index in [0.29, 0.717) is 32.8 Å². The molecule has 0 saturated carbocycles. The molecule has 1 saturated heterocycles. The first-order valence-electron chi connectivity index (χ1n) is 9.79. The smallest absolute Gasteiger partial charge is 0.223 e. The summed E-state index contributed by atoms with van der Waals surface area (Å²) in [4.78, 5) is 12.4. The van der Waals surface area contributed by atoms with Gasteiger partial charge >= 0.3 is 0 Å². The van der Waals surface area contributed by atoms with Crippen molar-refractivity contribution in [2.24, 2.45) is 0 Å². The molecule has 0 aromatic heterocycles. The summed E-state index contributed by atoms with van der Waals surface area (Å²) in [6, 6.07) is 14.0. The highest BCUT2D eigenvalue weighted by molar-refractivity contribution is 6.30. The maximum atomic E-state index is 12.4. The summed E-state index contributed by atoms with van der Waals surface area (Å²) >= 11 is 6.20. The van der Waals surface area contributed by atoms with Gasteiger partial charge in [0.1, 0.15) is 5.75 Å². The molecule has 0 atom stereocenters. The molecule has 2 aromatic rings. The van der Waals surface area contributed by atoms with Crippen LogP contribution in [0.1, 0.15) is 36.0 Å². The summed E-state index contributed by atoms with van der Waals surface area (Å²) in [6.07, 6.45) is 2.06. The van der Waals surface area contributed by atoms with Crippen LogP contribution in [0.3, 0.4) is 0 Å². The van der Waals surface area contributed by atoms with E-state index >= 15 is 0 Å². The van der Waals surface area contributed by atoms with Gasteiger partial charge in [-0.3, -0.25) is 4.79 Å². The van der Waals surface area contributed by atoms with Gasteiger partial charge in [0.05, 0.1) is 13.0 Å². The first-order valence-corrected chi connectivity index (χ1v) is 10.2. The highest BCUT2D eigenvalue weighted by atomic mass is 35.5. The lowest BCUT2D eigenvalue weighted by Crippen LogP contribution is -2.44. The summed E-state index contributed by atoms with van der Waals surface area (Å²) in [7, 11) is 0. The van der Waals surface area contributed by atoms with Crippen molar-refractivity contribution in [2.45, 2.75) is 38.5 Å². The maximum Gasteiger partial charge on any atom is 0.223 e. The molecule has 4 nitrogen and oxygen atoms in total. The third-order valence-corrected chi connectivity index (χ3v) is 5.66. The summed E-state index contributed by atoms with van der Waals surface area (Å²) in [5.74, 6) is 0.830. The molecular formula is C23H28ClNO3. The Kier molecular flexibility index (Phi) is 6.97. The van der Waals surface area contributed by atoms with Crippen LogP contribution < -0.4 is 10.1 Å². The zero-order valence-corrected chi connectivity index (χ0v) is 17.3. The number of ether oxygens (including phenoxy) is 2. The zero-order chi connectivity index (χ0) is 20.0. The first kappa shape index (κ1) is 20.7. The molecule has 28 heavy (non-hydrogen) atoms. The Morgan fingerprint density at radius 2 is 1.96 bits per heavy atom. The van der Waals surface area contributed by atoms with Crippen LogP contribution in [0.15, 0.2) is 42.5 Å². The predicted octanol–water partition coefficient (Wildman–Crippen LogP) is 4.59. The SMILES string of the molecule is Cc1ccc(OCCC(=O)NCC2(c3cccc(Cl)c3)CCOCC2)c(C)c1. The minimum absolute atomic E-state index is 0.00217. The van der Waals surface area contributed by atoms with Gasteiger partial charge in [-0.2, -0.15) is 0 Å². The van der Waals surface area contributed by atoms with Crippen molar-refractivity contribution < 1.29 is 14.3 Å². The summed E-state index contributed by atoms with van der Waals surface area (Å²) in [5.41, 5.74) is 3.32. The van der Waals surface area contributed by atoms with Crippen molar-refractivity contribution in [1.82, 2.24) is 5.32 Å². The Balaban J connectivity index is 1.55. The molecule has 0 radical (unpaired) electrons. The van der Waals surface area contributed by atoms with E-state index in [0.717, 1.165) is 34.7 Å². The molecule has 1 fully saturated rings. The van der Waals surface area contributed by atoms with Gasteiger partial charge in [-0.05, 0) is 56.0 Å². The molecule has 1 aliphatic rings. The third-order valence-electron chi connectivity index (χ3n) is 5.43. The Morgan fingerprint density at radius 1 is 1.18 bits per heavy atom. The fourth-order valence-electron chi connectivity index (χ4n) is 3.72. The maximum absolute atomic E-state index is 12.4. The van der Waals surface area contributed by atoms with Gasteiger partial charge in [-0.25, -0.2) is 0 Å². The molecule has 0 unspecified atom stereocenters. The molecule has 0 bridgehead atoms. The Morgan fingerprint density at radius 3 is 2.68 bits per heavy atom. The minimum atomic E-state index is -0.132. The van der Waals surface area contributed by atoms with Gasteiger partial charge in [0.2, 0.25) is 5.91 Å². The van der Waals surface area contributed by atoms with Crippen LogP contribution >= 0.6 is 11.6 Å². The summed E-state index contributed by atoms with van der Waals surface area (Å²) < 4.78 is 11.3. The minimum Gasteiger partial charge on any atom is -0.493 e. The van der Waals surface area contributed by atoms with Crippen LogP contribution in [-0.4, -0.2) is 32.3 Å². The van der Waals surface area contributed by atoms with Crippen molar-refractivity contribution >= 4 is 17.5 Å². The Bertz CT molecular complexity index is 815. The highest BCUT2D eigenvalue weighted by Gasteiger charge is 2.35. The topological polar surface area (TPSA) is 47.6 Å². The molecule has 1 N–H and O–H groups in total. The van der Waals surface area contributed by atoms with Gasteiger partial charge < -0.3 is 14.8 Å². The van der Waals surface area contributed by atoms with Crippen molar-refractivity contribution in [3.05, 3.63) is 64.2 Å². The number of hydrogen-bond acceptors (Lipinski definition) is 3. The fraction of sp³-hybridized carbons (Fsp3) is 0.435. The average molecular weight is 402 g/mol. The van der Waals surface area contributed by atoms with Crippen molar-refractivity contribution in [3.8, 4) is 5.75 Å². The van der Waals surface area contributed by atoms with E-state index in [1.54, 1.807) is 0 Å². The van der Waals surface area contributed by atoms with E-state index in [4.69, 9.17) is 21.1 Å². The number of carbonyl (C=O) groups excluding carboxylic acids is 1. The number of halogens is 1. The van der Waals surface area contributed by atoms with Gasteiger partial charge in [-0.1, -0.05) is 41.4 Å². The number of amides is 1. The van der Waals surface area contributed by atoms with Crippen LogP contribution in [0.2, 0.25) is 5.02 Å². The van der Waals surface area contributed by atoms with Gasteiger partial charge in [-0.15, -0.1) is 0 Å². The lowest BCUT2D eigenvalue weighted by atomic mass is 9.74. The van der Waals surface area contributed by atoms with Crippen LogP contribution in [0.5, 0.6) is 5.75 Å². The van der Waals surface area contributed by atoms with Crippen molar-refractivity contribution in [1.29, 1.82) is 0 Å². The van der Waals surface area contributed by atoms with Gasteiger partial charge in [0, 0.05) is 30.2 Å². The third kappa shape index (κ3) is 5.27. The van der Waals surface area contributed by atoms with Crippen LogP contribution in [0.25, 0.3) is 0 Å². The first-order chi connectivity index (χ1) is 13.5. The van der Waals surface area contributed by atoms with E-state index in [1.807, 2.05) is 37.3 Å². The van der Waals surface area contributed by atoms with E-state index < -0.39 is 0 Å². The van der Waals surface area contributed by atoms with E-state index in [2.05, 4.69) is 24.4 Å². The highest BCUT2D eigenvalue weighted by Crippen LogP contribution is 2.35. The van der Waals surface area contributed by atoms with Gasteiger partial charge in [0.15, 0.2) is 0 Å². The largest absolute Gasteiger partial charge is 0.493 e.